The number of rotatable bonds is 5. The molecule has 0 spiro atoms. The quantitative estimate of drug-likeness (QED) is 0.787. The number of fused-ring (bicyclic) bond motifs is 1. The van der Waals surface area contributed by atoms with Crippen LogP contribution in [-0.4, -0.2) is 26.4 Å². The van der Waals surface area contributed by atoms with Gasteiger partial charge in [-0.1, -0.05) is 29.0 Å². The first-order valence-electron chi connectivity index (χ1n) is 7.31. The average Bonchev–Trinajstić information content (AvgIpc) is 3.12. The van der Waals surface area contributed by atoms with E-state index in [0.29, 0.717) is 5.92 Å². The molecule has 6 heteroatoms. The van der Waals surface area contributed by atoms with E-state index in [1.54, 1.807) is 11.3 Å². The molecular formula is C15H17N5S. The van der Waals surface area contributed by atoms with Gasteiger partial charge in [-0.25, -0.2) is 0 Å². The fraction of sp³-hybridized carbons (Fsp3) is 0.400. The number of benzene rings is 1. The van der Waals surface area contributed by atoms with Gasteiger partial charge in [-0.15, -0.1) is 10.2 Å². The Morgan fingerprint density at radius 3 is 2.81 bits per heavy atom. The zero-order valence-corrected chi connectivity index (χ0v) is 12.7. The van der Waals surface area contributed by atoms with Gasteiger partial charge in [-0.3, -0.25) is 0 Å². The van der Waals surface area contributed by atoms with Crippen molar-refractivity contribution in [2.24, 2.45) is 0 Å². The van der Waals surface area contributed by atoms with Crippen LogP contribution in [0.15, 0.2) is 24.3 Å². The molecule has 2 aromatic heterocycles. The van der Waals surface area contributed by atoms with E-state index in [1.807, 2.05) is 4.52 Å². The lowest BCUT2D eigenvalue weighted by Gasteiger charge is -2.04. The van der Waals surface area contributed by atoms with E-state index in [9.17, 15) is 0 Å². The van der Waals surface area contributed by atoms with E-state index in [1.165, 1.54) is 18.4 Å². The molecule has 108 valence electrons. The molecule has 0 aliphatic heterocycles. The molecule has 0 bridgehead atoms. The van der Waals surface area contributed by atoms with Crippen molar-refractivity contribution in [2.45, 2.75) is 32.1 Å². The van der Waals surface area contributed by atoms with Gasteiger partial charge in [0.2, 0.25) is 4.96 Å². The Labute approximate surface area is 127 Å². The van der Waals surface area contributed by atoms with Crippen LogP contribution >= 0.6 is 11.3 Å². The van der Waals surface area contributed by atoms with E-state index >= 15 is 0 Å². The van der Waals surface area contributed by atoms with Gasteiger partial charge >= 0.3 is 0 Å². The minimum Gasteiger partial charge on any atom is -0.385 e. The van der Waals surface area contributed by atoms with Crippen molar-refractivity contribution in [1.29, 1.82) is 0 Å². The van der Waals surface area contributed by atoms with Crippen molar-refractivity contribution in [3.63, 3.8) is 0 Å². The van der Waals surface area contributed by atoms with Gasteiger partial charge in [-0.2, -0.15) is 9.61 Å². The highest BCUT2D eigenvalue weighted by Crippen LogP contribution is 2.39. The second-order valence-corrected chi connectivity index (χ2v) is 6.61. The summed E-state index contributed by atoms with van der Waals surface area (Å²) in [4.78, 5) is 0.919. The summed E-state index contributed by atoms with van der Waals surface area (Å²) in [5.74, 6) is 1.62. The predicted octanol–water partition coefficient (Wildman–Crippen LogP) is 3.03. The van der Waals surface area contributed by atoms with Gasteiger partial charge in [0.1, 0.15) is 5.01 Å². The molecule has 1 saturated carbocycles. The lowest BCUT2D eigenvalue weighted by Crippen LogP contribution is -2.05. The van der Waals surface area contributed by atoms with Gasteiger partial charge in [0.15, 0.2) is 5.82 Å². The van der Waals surface area contributed by atoms with Gasteiger partial charge in [0.25, 0.3) is 0 Å². The fourth-order valence-electron chi connectivity index (χ4n) is 2.35. The molecule has 3 aromatic rings. The summed E-state index contributed by atoms with van der Waals surface area (Å²) in [6.45, 7) is 2.98. The average molecular weight is 299 g/mol. The Hall–Kier alpha value is -1.95. The Morgan fingerprint density at radius 2 is 2.05 bits per heavy atom. The lowest BCUT2D eigenvalue weighted by atomic mass is 10.2. The molecule has 2 heterocycles. The van der Waals surface area contributed by atoms with Crippen molar-refractivity contribution < 1.29 is 0 Å². The molecule has 0 unspecified atom stereocenters. The largest absolute Gasteiger partial charge is 0.385 e. The van der Waals surface area contributed by atoms with E-state index in [4.69, 9.17) is 0 Å². The van der Waals surface area contributed by atoms with Crippen LogP contribution in [0.3, 0.4) is 0 Å². The van der Waals surface area contributed by atoms with E-state index in [-0.39, 0.29) is 0 Å². The van der Waals surface area contributed by atoms with E-state index in [0.717, 1.165) is 34.4 Å². The number of aryl methyl sites for hydroxylation is 1. The number of hydrogen-bond acceptors (Lipinski definition) is 5. The number of hydrogen-bond donors (Lipinski definition) is 1. The van der Waals surface area contributed by atoms with Gasteiger partial charge < -0.3 is 5.32 Å². The smallest absolute Gasteiger partial charge is 0.234 e. The number of nitrogens with one attached hydrogen (secondary N) is 1. The summed E-state index contributed by atoms with van der Waals surface area (Å²) < 4.78 is 1.93. The Bertz CT molecular complexity index is 754. The Balaban J connectivity index is 1.41. The van der Waals surface area contributed by atoms with Crippen molar-refractivity contribution in [1.82, 2.24) is 19.8 Å². The minimum atomic E-state index is 0.584. The monoisotopic (exact) mass is 299 g/mol. The van der Waals surface area contributed by atoms with Crippen LogP contribution < -0.4 is 5.32 Å². The summed E-state index contributed by atoms with van der Waals surface area (Å²) >= 11 is 1.64. The highest BCUT2D eigenvalue weighted by Gasteiger charge is 2.29. The first-order valence-corrected chi connectivity index (χ1v) is 8.13. The van der Waals surface area contributed by atoms with Crippen molar-refractivity contribution >= 4 is 22.0 Å². The van der Waals surface area contributed by atoms with Gasteiger partial charge in [0, 0.05) is 24.6 Å². The summed E-state index contributed by atoms with van der Waals surface area (Å²) in [6.07, 6.45) is 3.36. The molecule has 5 nitrogen and oxygen atoms in total. The van der Waals surface area contributed by atoms with Crippen LogP contribution in [0.1, 0.15) is 35.2 Å². The van der Waals surface area contributed by atoms with Crippen LogP contribution in [0.5, 0.6) is 0 Å². The van der Waals surface area contributed by atoms with Crippen molar-refractivity contribution in [3.8, 4) is 0 Å². The Kier molecular flexibility index (Phi) is 3.11. The maximum absolute atomic E-state index is 4.65. The molecule has 0 saturated heterocycles. The first-order chi connectivity index (χ1) is 10.3. The molecule has 4 rings (SSSR count). The lowest BCUT2D eigenvalue weighted by molar-refractivity contribution is 0.800. The maximum Gasteiger partial charge on any atom is 0.234 e. The van der Waals surface area contributed by atoms with Crippen LogP contribution in [-0.2, 0) is 6.42 Å². The number of aromatic nitrogens is 4. The van der Waals surface area contributed by atoms with Crippen LogP contribution in [0.25, 0.3) is 4.96 Å². The van der Waals surface area contributed by atoms with Crippen LogP contribution in [0.2, 0.25) is 0 Å². The molecule has 1 N–H and O–H groups in total. The highest BCUT2D eigenvalue weighted by molar-refractivity contribution is 7.16. The third kappa shape index (κ3) is 2.63. The first kappa shape index (κ1) is 12.8. The highest BCUT2D eigenvalue weighted by atomic mass is 32.1. The fourth-order valence-corrected chi connectivity index (χ4v) is 3.19. The third-order valence-corrected chi connectivity index (χ3v) is 4.68. The van der Waals surface area contributed by atoms with Crippen molar-refractivity contribution in [3.05, 3.63) is 40.7 Å². The molecule has 1 aliphatic rings. The van der Waals surface area contributed by atoms with E-state index < -0.39 is 0 Å². The molecule has 0 amide bonds. The van der Waals surface area contributed by atoms with E-state index in [2.05, 4.69) is 51.8 Å². The number of nitrogens with zero attached hydrogens (tertiary/aromatic N) is 4. The zero-order valence-electron chi connectivity index (χ0n) is 11.9. The standard InChI is InChI=1S/C15H17N5S/c1-10-2-6-12(7-3-10)16-9-8-13-19-20-14(11-4-5-11)17-18-15(20)21-13/h2-3,6-7,11,16H,4-5,8-9H2,1H3. The molecule has 0 radical (unpaired) electrons. The summed E-state index contributed by atoms with van der Waals surface area (Å²) in [5, 5.41) is 17.7. The Morgan fingerprint density at radius 1 is 1.24 bits per heavy atom. The zero-order chi connectivity index (χ0) is 14.2. The summed E-state index contributed by atoms with van der Waals surface area (Å²) in [6, 6.07) is 8.46. The molecule has 1 aliphatic carbocycles. The minimum absolute atomic E-state index is 0.584. The predicted molar refractivity (Wildman–Crippen MR) is 84.0 cm³/mol. The third-order valence-electron chi connectivity index (χ3n) is 3.72. The molecule has 1 aromatic carbocycles. The SMILES string of the molecule is Cc1ccc(NCCc2nn3c(C4CC4)nnc3s2)cc1. The summed E-state index contributed by atoms with van der Waals surface area (Å²) in [7, 11) is 0. The maximum atomic E-state index is 4.65. The molecule has 21 heavy (non-hydrogen) atoms. The van der Waals surface area contributed by atoms with Gasteiger partial charge in [0.05, 0.1) is 0 Å². The van der Waals surface area contributed by atoms with Gasteiger partial charge in [-0.05, 0) is 31.9 Å². The van der Waals surface area contributed by atoms with Crippen LogP contribution in [0, 0.1) is 6.92 Å². The number of anilines is 1. The normalized spacial score (nSPS) is 14.7. The van der Waals surface area contributed by atoms with Crippen molar-refractivity contribution in [2.75, 3.05) is 11.9 Å². The molecule has 1 fully saturated rings. The summed E-state index contributed by atoms with van der Waals surface area (Å²) in [5.41, 5.74) is 2.43. The van der Waals surface area contributed by atoms with Crippen LogP contribution in [0.4, 0.5) is 5.69 Å². The topological polar surface area (TPSA) is 55.1 Å². The molecular weight excluding hydrogens is 282 g/mol. The second-order valence-electron chi connectivity index (χ2n) is 5.57. The molecule has 0 atom stereocenters. The second kappa shape index (κ2) is 5.11.